The third-order valence-electron chi connectivity index (χ3n) is 3.45. The highest BCUT2D eigenvalue weighted by atomic mass is 32.2. The largest absolute Gasteiger partial charge is 0.362 e. The Morgan fingerprint density at radius 3 is 2.21 bits per heavy atom. The van der Waals surface area contributed by atoms with Gasteiger partial charge in [-0.05, 0) is 31.0 Å². The summed E-state index contributed by atoms with van der Waals surface area (Å²) in [4.78, 5) is 0. The van der Waals surface area contributed by atoms with Gasteiger partial charge in [0.05, 0.1) is 23.0 Å². The van der Waals surface area contributed by atoms with Crippen LogP contribution in [0.25, 0.3) is 0 Å². The molecule has 0 spiro atoms. The average Bonchev–Trinajstić information content (AvgIpc) is 2.78. The molecule has 0 aromatic rings. The first-order chi connectivity index (χ1) is 8.76. The summed E-state index contributed by atoms with van der Waals surface area (Å²) in [6.45, 7) is 0.518. The van der Waals surface area contributed by atoms with Gasteiger partial charge in [-0.25, -0.2) is 16.8 Å². The van der Waals surface area contributed by atoms with Crippen LogP contribution >= 0.6 is 12.2 Å². The zero-order chi connectivity index (χ0) is 14.1. The van der Waals surface area contributed by atoms with Crippen LogP contribution in [0.1, 0.15) is 12.8 Å². The molecule has 2 unspecified atom stereocenters. The van der Waals surface area contributed by atoms with Crippen LogP contribution in [0.2, 0.25) is 0 Å². The summed E-state index contributed by atoms with van der Waals surface area (Å²) in [5, 5.41) is 6.36. The summed E-state index contributed by atoms with van der Waals surface area (Å²) >= 11 is 5.09. The molecule has 2 fully saturated rings. The van der Waals surface area contributed by atoms with Crippen molar-refractivity contribution in [1.29, 1.82) is 0 Å². The topological polar surface area (TPSA) is 92.3 Å². The molecule has 0 aromatic heterocycles. The smallest absolute Gasteiger partial charge is 0.166 e. The zero-order valence-electron chi connectivity index (χ0n) is 10.5. The fourth-order valence-corrected chi connectivity index (χ4v) is 6.20. The van der Waals surface area contributed by atoms with Crippen molar-refractivity contribution in [2.75, 3.05) is 29.6 Å². The van der Waals surface area contributed by atoms with Crippen LogP contribution in [0.5, 0.6) is 0 Å². The van der Waals surface area contributed by atoms with Gasteiger partial charge in [-0.1, -0.05) is 0 Å². The Morgan fingerprint density at radius 1 is 1.05 bits per heavy atom. The molecule has 0 aliphatic carbocycles. The molecule has 0 radical (unpaired) electrons. The number of hydrogen-bond donors (Lipinski definition) is 2. The van der Waals surface area contributed by atoms with Gasteiger partial charge >= 0.3 is 0 Å². The van der Waals surface area contributed by atoms with E-state index in [1.807, 2.05) is 0 Å². The van der Waals surface area contributed by atoms with Crippen molar-refractivity contribution in [2.24, 2.45) is 5.92 Å². The molecule has 9 heteroatoms. The van der Waals surface area contributed by atoms with Gasteiger partial charge in [0.2, 0.25) is 0 Å². The van der Waals surface area contributed by atoms with E-state index in [0.29, 0.717) is 24.5 Å². The van der Waals surface area contributed by atoms with E-state index in [1.165, 1.54) is 0 Å². The molecule has 6 nitrogen and oxygen atoms in total. The highest BCUT2D eigenvalue weighted by Gasteiger charge is 2.29. The minimum atomic E-state index is -2.92. The molecule has 2 aliphatic heterocycles. The fourth-order valence-electron chi connectivity index (χ4n) is 2.42. The van der Waals surface area contributed by atoms with Crippen LogP contribution in [0, 0.1) is 5.92 Å². The predicted octanol–water partition coefficient (Wildman–Crippen LogP) is -0.928. The minimum absolute atomic E-state index is 0.0945. The second-order valence-electron chi connectivity index (χ2n) is 5.22. The van der Waals surface area contributed by atoms with Gasteiger partial charge in [-0.3, -0.25) is 0 Å². The van der Waals surface area contributed by atoms with Crippen molar-refractivity contribution in [1.82, 2.24) is 10.6 Å². The van der Waals surface area contributed by atoms with Gasteiger partial charge in [0.1, 0.15) is 0 Å². The second kappa shape index (κ2) is 5.53. The monoisotopic (exact) mass is 326 g/mol. The van der Waals surface area contributed by atoms with Crippen LogP contribution in [-0.2, 0) is 19.7 Å². The Labute approximate surface area is 119 Å². The summed E-state index contributed by atoms with van der Waals surface area (Å²) < 4.78 is 45.2. The van der Waals surface area contributed by atoms with E-state index < -0.39 is 19.7 Å². The van der Waals surface area contributed by atoms with Gasteiger partial charge in [0, 0.05) is 12.6 Å². The van der Waals surface area contributed by atoms with Crippen molar-refractivity contribution in [2.45, 2.75) is 18.9 Å². The normalized spacial score (nSPS) is 32.0. The standard InChI is InChI=1S/C10H18N2O4S3/c13-18(14)3-1-8(6-18)5-11-10(17)12-9-2-4-19(15,16)7-9/h8-9H,1-7H2,(H2,11,12,17). The van der Waals surface area contributed by atoms with E-state index in [1.54, 1.807) is 0 Å². The predicted molar refractivity (Wildman–Crippen MR) is 77.6 cm³/mol. The summed E-state index contributed by atoms with van der Waals surface area (Å²) in [5.74, 6) is 0.874. The number of rotatable bonds is 3. The summed E-state index contributed by atoms with van der Waals surface area (Å²) in [6, 6.07) is -0.127. The summed E-state index contributed by atoms with van der Waals surface area (Å²) in [7, 11) is -5.78. The van der Waals surface area contributed by atoms with Crippen molar-refractivity contribution in [3.05, 3.63) is 0 Å². The van der Waals surface area contributed by atoms with Crippen LogP contribution in [0.15, 0.2) is 0 Å². The Morgan fingerprint density at radius 2 is 1.68 bits per heavy atom. The first-order valence-electron chi connectivity index (χ1n) is 6.21. The highest BCUT2D eigenvalue weighted by molar-refractivity contribution is 7.91. The number of thiocarbonyl (C=S) groups is 1. The lowest BCUT2D eigenvalue weighted by atomic mass is 10.1. The highest BCUT2D eigenvalue weighted by Crippen LogP contribution is 2.17. The average molecular weight is 326 g/mol. The molecule has 2 rings (SSSR count). The van der Waals surface area contributed by atoms with E-state index in [0.717, 1.165) is 0 Å². The van der Waals surface area contributed by atoms with Crippen molar-refractivity contribution < 1.29 is 16.8 Å². The Balaban J connectivity index is 1.71. The van der Waals surface area contributed by atoms with Crippen molar-refractivity contribution in [3.8, 4) is 0 Å². The molecular formula is C10H18N2O4S3. The van der Waals surface area contributed by atoms with Crippen molar-refractivity contribution >= 4 is 37.0 Å². The molecule has 0 bridgehead atoms. The van der Waals surface area contributed by atoms with E-state index >= 15 is 0 Å². The minimum Gasteiger partial charge on any atom is -0.362 e. The van der Waals surface area contributed by atoms with Gasteiger partial charge in [-0.15, -0.1) is 0 Å². The lowest BCUT2D eigenvalue weighted by molar-refractivity contribution is 0.564. The number of hydrogen-bond acceptors (Lipinski definition) is 5. The lowest BCUT2D eigenvalue weighted by Gasteiger charge is -2.16. The van der Waals surface area contributed by atoms with Gasteiger partial charge in [-0.2, -0.15) is 0 Å². The molecule has 2 aliphatic rings. The van der Waals surface area contributed by atoms with E-state index in [9.17, 15) is 16.8 Å². The van der Waals surface area contributed by atoms with Crippen molar-refractivity contribution in [3.63, 3.8) is 0 Å². The van der Waals surface area contributed by atoms with Gasteiger partial charge in [0.15, 0.2) is 24.8 Å². The SMILES string of the molecule is O=S1(=O)CCC(CNC(=S)NC2CCS(=O)(=O)C2)C1. The van der Waals surface area contributed by atoms with E-state index in [2.05, 4.69) is 10.6 Å². The molecule has 0 amide bonds. The molecule has 19 heavy (non-hydrogen) atoms. The molecule has 2 N–H and O–H groups in total. The third-order valence-corrected chi connectivity index (χ3v) is 7.31. The maximum Gasteiger partial charge on any atom is 0.166 e. The molecule has 0 saturated carbocycles. The molecule has 110 valence electrons. The Kier molecular flexibility index (Phi) is 4.36. The van der Waals surface area contributed by atoms with E-state index in [4.69, 9.17) is 12.2 Å². The fraction of sp³-hybridized carbons (Fsp3) is 0.900. The van der Waals surface area contributed by atoms with Crippen LogP contribution in [0.3, 0.4) is 0 Å². The third kappa shape index (κ3) is 4.57. The Hall–Kier alpha value is -0.410. The zero-order valence-corrected chi connectivity index (χ0v) is 12.9. The molecule has 0 aromatic carbocycles. The first kappa shape index (κ1) is 15.0. The second-order valence-corrected chi connectivity index (χ2v) is 10.1. The summed E-state index contributed by atoms with van der Waals surface area (Å²) in [6.07, 6.45) is 1.23. The Bertz CT molecular complexity index is 555. The molecular weight excluding hydrogens is 308 g/mol. The van der Waals surface area contributed by atoms with Crippen LogP contribution in [-0.4, -0.2) is 57.5 Å². The lowest BCUT2D eigenvalue weighted by Crippen LogP contribution is -2.44. The van der Waals surface area contributed by atoms with E-state index in [-0.39, 0.29) is 35.0 Å². The van der Waals surface area contributed by atoms with Gasteiger partial charge < -0.3 is 10.6 Å². The van der Waals surface area contributed by atoms with Crippen LogP contribution in [0.4, 0.5) is 0 Å². The quantitative estimate of drug-likeness (QED) is 0.648. The maximum absolute atomic E-state index is 11.3. The molecule has 2 atom stereocenters. The molecule has 2 saturated heterocycles. The number of nitrogens with one attached hydrogen (secondary N) is 2. The number of sulfone groups is 2. The maximum atomic E-state index is 11.3. The van der Waals surface area contributed by atoms with Crippen LogP contribution < -0.4 is 10.6 Å². The molecule has 2 heterocycles. The van der Waals surface area contributed by atoms with Gasteiger partial charge in [0.25, 0.3) is 0 Å². The first-order valence-corrected chi connectivity index (χ1v) is 10.3. The summed E-state index contributed by atoms with van der Waals surface area (Å²) in [5.41, 5.74) is 0.